The topological polar surface area (TPSA) is 61.8 Å². The summed E-state index contributed by atoms with van der Waals surface area (Å²) in [5.74, 6) is 0.327. The molecule has 3 aliphatic rings. The Balaban J connectivity index is 1.86. The van der Waals surface area contributed by atoms with Gasteiger partial charge in [0.1, 0.15) is 5.52 Å². The number of halogens is 1. The van der Waals surface area contributed by atoms with E-state index < -0.39 is 6.10 Å². The van der Waals surface area contributed by atoms with Gasteiger partial charge in [0.15, 0.2) is 0 Å². The molecule has 2 aromatic rings. The Morgan fingerprint density at radius 2 is 2.30 bits per heavy atom. The monoisotopic (exact) mass is 287 g/mol. The third-order valence-electron chi connectivity index (χ3n) is 5.51. The van der Waals surface area contributed by atoms with Gasteiger partial charge >= 0.3 is 0 Å². The normalized spacial score (nSPS) is 34.7. The van der Waals surface area contributed by atoms with Crippen molar-refractivity contribution in [2.24, 2.45) is 11.3 Å². The molecule has 0 radical (unpaired) electrons. The van der Waals surface area contributed by atoms with Gasteiger partial charge in [-0.2, -0.15) is 0 Å². The van der Waals surface area contributed by atoms with Crippen LogP contribution in [0.3, 0.4) is 0 Å². The fourth-order valence-electron chi connectivity index (χ4n) is 4.66. The molecule has 0 unspecified atom stereocenters. The zero-order valence-electron chi connectivity index (χ0n) is 10.9. The highest BCUT2D eigenvalue weighted by atomic mass is 35.5. The summed E-state index contributed by atoms with van der Waals surface area (Å²) in [6.45, 7) is 0. The molecule has 3 atom stereocenters. The number of nitrogens with one attached hydrogen (secondary N) is 1. The Labute approximate surface area is 120 Å². The van der Waals surface area contributed by atoms with Crippen LogP contribution in [0.2, 0.25) is 0 Å². The van der Waals surface area contributed by atoms with Crippen molar-refractivity contribution in [3.8, 4) is 0 Å². The Morgan fingerprint density at radius 3 is 3.20 bits per heavy atom. The van der Waals surface area contributed by atoms with E-state index in [0.29, 0.717) is 11.0 Å². The largest absolute Gasteiger partial charge is 0.387 e. The van der Waals surface area contributed by atoms with Gasteiger partial charge in [-0.05, 0) is 54.4 Å². The number of H-pyrrole nitrogens is 1. The van der Waals surface area contributed by atoms with Crippen molar-refractivity contribution in [2.45, 2.75) is 31.8 Å². The lowest BCUT2D eigenvalue weighted by atomic mass is 9.74. The lowest BCUT2D eigenvalue weighted by Crippen LogP contribution is -2.29. The molecule has 1 aromatic heterocycles. The summed E-state index contributed by atoms with van der Waals surface area (Å²) in [7, 11) is 0. The third kappa shape index (κ3) is 1.14. The Morgan fingerprint density at radius 1 is 1.40 bits per heavy atom. The molecule has 0 amide bonds. The molecular formula is C15H14ClN3O. The molecule has 0 aliphatic heterocycles. The molecule has 2 bridgehead atoms. The number of aliphatic hydroxyl groups is 1. The number of hydrogen-bond acceptors (Lipinski definition) is 3. The molecule has 1 heterocycles. The molecule has 1 saturated carbocycles. The number of benzene rings is 1. The Kier molecular flexibility index (Phi) is 1.94. The molecule has 5 rings (SSSR count). The number of aromatic nitrogens is 3. The van der Waals surface area contributed by atoms with E-state index in [9.17, 15) is 5.11 Å². The predicted octanol–water partition coefficient (Wildman–Crippen LogP) is 2.62. The smallest absolute Gasteiger partial charge is 0.116 e. The molecule has 20 heavy (non-hydrogen) atoms. The second kappa shape index (κ2) is 3.43. The lowest BCUT2D eigenvalue weighted by Gasteiger charge is -2.33. The minimum atomic E-state index is -0.485. The number of allylic oxidation sites excluding steroid dienone is 1. The molecule has 1 aromatic carbocycles. The number of hydrogen-bond donors (Lipinski definition) is 2. The van der Waals surface area contributed by atoms with Gasteiger partial charge in [0.2, 0.25) is 0 Å². The van der Waals surface area contributed by atoms with Crippen LogP contribution in [0.15, 0.2) is 17.2 Å². The van der Waals surface area contributed by atoms with E-state index in [1.54, 1.807) is 0 Å². The maximum Gasteiger partial charge on any atom is 0.116 e. The van der Waals surface area contributed by atoms with Crippen molar-refractivity contribution >= 4 is 28.2 Å². The van der Waals surface area contributed by atoms with E-state index in [1.807, 2.05) is 6.07 Å². The summed E-state index contributed by atoms with van der Waals surface area (Å²) in [6, 6.07) is 4.12. The zero-order chi connectivity index (χ0) is 13.5. The predicted molar refractivity (Wildman–Crippen MR) is 76.1 cm³/mol. The van der Waals surface area contributed by atoms with Crippen LogP contribution >= 0.6 is 11.6 Å². The van der Waals surface area contributed by atoms with Crippen LogP contribution in [0, 0.1) is 11.3 Å². The number of fused-ring (bicyclic) bond motifs is 5. The summed E-state index contributed by atoms with van der Waals surface area (Å²) in [4.78, 5) is 0. The molecule has 0 saturated heterocycles. The van der Waals surface area contributed by atoms with E-state index >= 15 is 0 Å². The first-order valence-corrected chi connectivity index (χ1v) is 7.49. The highest BCUT2D eigenvalue weighted by Crippen LogP contribution is 2.64. The summed E-state index contributed by atoms with van der Waals surface area (Å²) in [5.41, 5.74) is 5.68. The summed E-state index contributed by atoms with van der Waals surface area (Å²) >= 11 is 6.53. The minimum Gasteiger partial charge on any atom is -0.387 e. The number of nitrogens with zero attached hydrogens (tertiary/aromatic N) is 2. The second-order valence-corrected chi connectivity index (χ2v) is 6.83. The molecular weight excluding hydrogens is 274 g/mol. The fraction of sp³-hybridized carbons (Fsp3) is 0.467. The highest BCUT2D eigenvalue weighted by Gasteiger charge is 2.54. The van der Waals surface area contributed by atoms with Gasteiger partial charge in [-0.1, -0.05) is 22.9 Å². The van der Waals surface area contributed by atoms with Gasteiger partial charge < -0.3 is 5.11 Å². The number of rotatable bonds is 0. The van der Waals surface area contributed by atoms with E-state index in [-0.39, 0.29) is 5.41 Å². The van der Waals surface area contributed by atoms with E-state index in [0.717, 1.165) is 36.7 Å². The van der Waals surface area contributed by atoms with E-state index in [1.165, 1.54) is 16.7 Å². The second-order valence-electron chi connectivity index (χ2n) is 6.43. The van der Waals surface area contributed by atoms with Gasteiger partial charge in [-0.3, -0.25) is 5.10 Å². The van der Waals surface area contributed by atoms with Gasteiger partial charge in [-0.15, -0.1) is 5.10 Å². The van der Waals surface area contributed by atoms with Gasteiger partial charge in [0.25, 0.3) is 0 Å². The quantitative estimate of drug-likeness (QED) is 0.783. The molecule has 102 valence electrons. The van der Waals surface area contributed by atoms with Crippen molar-refractivity contribution < 1.29 is 5.11 Å². The lowest BCUT2D eigenvalue weighted by molar-refractivity contribution is 0.138. The first kappa shape index (κ1) is 11.3. The molecule has 2 N–H and O–H groups in total. The standard InChI is InChI=1S/C15H14ClN3O/c16-12-11-8-1-2-10-13(18-19-17-10)9(8)6-15(11)4-3-7(5-15)14(12)20/h1-2,7,14,20H,3-6H2,(H,17,18,19)/t7-,14-,15+/m1/s1. The average molecular weight is 288 g/mol. The van der Waals surface area contributed by atoms with Gasteiger partial charge in [-0.25, -0.2) is 0 Å². The van der Waals surface area contributed by atoms with E-state index in [2.05, 4.69) is 21.5 Å². The first-order valence-electron chi connectivity index (χ1n) is 7.11. The molecule has 3 aliphatic carbocycles. The van der Waals surface area contributed by atoms with Crippen LogP contribution in [0.1, 0.15) is 30.4 Å². The molecule has 4 nitrogen and oxygen atoms in total. The van der Waals surface area contributed by atoms with Crippen LogP contribution in [0.4, 0.5) is 0 Å². The summed E-state index contributed by atoms with van der Waals surface area (Å²) < 4.78 is 0. The van der Waals surface area contributed by atoms with Gasteiger partial charge in [0.05, 0.1) is 16.7 Å². The summed E-state index contributed by atoms with van der Waals surface area (Å²) in [6.07, 6.45) is 3.74. The Bertz CT molecular complexity index is 781. The first-order chi connectivity index (χ1) is 9.70. The highest BCUT2D eigenvalue weighted by molar-refractivity contribution is 6.34. The van der Waals surface area contributed by atoms with Crippen LogP contribution in [-0.2, 0) is 6.42 Å². The van der Waals surface area contributed by atoms with Gasteiger partial charge in [0, 0.05) is 5.41 Å². The van der Waals surface area contributed by atoms with Crippen LogP contribution < -0.4 is 0 Å². The maximum atomic E-state index is 10.4. The van der Waals surface area contributed by atoms with Crippen LogP contribution in [-0.4, -0.2) is 26.6 Å². The summed E-state index contributed by atoms with van der Waals surface area (Å²) in [5, 5.41) is 22.1. The maximum absolute atomic E-state index is 10.4. The Hall–Kier alpha value is -1.39. The average Bonchev–Trinajstić information content (AvgIpc) is 3.11. The number of aromatic amines is 1. The molecule has 1 spiro atoms. The minimum absolute atomic E-state index is 0.135. The van der Waals surface area contributed by atoms with Crippen molar-refractivity contribution in [3.63, 3.8) is 0 Å². The molecule has 1 fully saturated rings. The third-order valence-corrected chi connectivity index (χ3v) is 5.92. The van der Waals surface area contributed by atoms with Crippen molar-refractivity contribution in [1.82, 2.24) is 15.4 Å². The number of aliphatic hydroxyl groups excluding tert-OH is 1. The zero-order valence-corrected chi connectivity index (χ0v) is 11.6. The van der Waals surface area contributed by atoms with Crippen molar-refractivity contribution in [3.05, 3.63) is 28.3 Å². The van der Waals surface area contributed by atoms with Crippen LogP contribution in [0.25, 0.3) is 16.6 Å². The van der Waals surface area contributed by atoms with Crippen molar-refractivity contribution in [2.75, 3.05) is 0 Å². The van der Waals surface area contributed by atoms with Crippen molar-refractivity contribution in [1.29, 1.82) is 0 Å². The van der Waals surface area contributed by atoms with E-state index in [4.69, 9.17) is 11.6 Å². The molecule has 5 heteroatoms. The SMILES string of the molecule is O[C@H]1C(Cl)=C2c3ccc4[nH]nnc4c3C[C@@]23CC[C@@H]1C3. The van der Waals surface area contributed by atoms with Crippen LogP contribution in [0.5, 0.6) is 0 Å². The fourth-order valence-corrected chi connectivity index (χ4v) is 5.14.